The maximum atomic E-state index is 12.4. The summed E-state index contributed by atoms with van der Waals surface area (Å²) in [5, 5.41) is 0. The number of aromatic nitrogens is 1. The van der Waals surface area contributed by atoms with Crippen molar-refractivity contribution in [3.05, 3.63) is 93.4 Å². The van der Waals surface area contributed by atoms with Crippen molar-refractivity contribution in [2.45, 2.75) is 25.8 Å². The van der Waals surface area contributed by atoms with Gasteiger partial charge in [0.2, 0.25) is 5.43 Å². The zero-order valence-corrected chi connectivity index (χ0v) is 14.9. The Morgan fingerprint density at radius 1 is 0.889 bits per heavy atom. The van der Waals surface area contributed by atoms with Gasteiger partial charge in [-0.3, -0.25) is 14.4 Å². The van der Waals surface area contributed by atoms with Gasteiger partial charge in [-0.1, -0.05) is 54.6 Å². The third kappa shape index (κ3) is 3.26. The molecule has 0 fully saturated rings. The van der Waals surface area contributed by atoms with Crippen LogP contribution in [0.15, 0.2) is 65.6 Å². The molecule has 0 unspecified atom stereocenters. The highest BCUT2D eigenvalue weighted by molar-refractivity contribution is 5.99. The highest BCUT2D eigenvalue weighted by Crippen LogP contribution is 2.22. The van der Waals surface area contributed by atoms with Crippen LogP contribution in [0.2, 0.25) is 0 Å². The van der Waals surface area contributed by atoms with Gasteiger partial charge in [0.05, 0.1) is 11.1 Å². The zero-order chi connectivity index (χ0) is 18.8. The second kappa shape index (κ2) is 7.16. The molecule has 0 spiro atoms. The van der Waals surface area contributed by atoms with Gasteiger partial charge >= 0.3 is 0 Å². The van der Waals surface area contributed by atoms with Crippen LogP contribution in [-0.4, -0.2) is 16.6 Å². The smallest absolute Gasteiger partial charge is 0.203 e. The van der Waals surface area contributed by atoms with Crippen molar-refractivity contribution in [1.29, 1.82) is 0 Å². The number of aldehydes is 1. The Balaban J connectivity index is 1.71. The maximum absolute atomic E-state index is 12.4. The Labute approximate surface area is 157 Å². The molecule has 0 saturated carbocycles. The normalized spacial score (nSPS) is 13.3. The SMILES string of the molecule is O=Cc1cn(Cc2ccc(-c3ccccc3)cc2)c2c(c1=O)C(=O)CCC2. The van der Waals surface area contributed by atoms with Crippen LogP contribution in [0, 0.1) is 0 Å². The van der Waals surface area contributed by atoms with Crippen LogP contribution in [0.25, 0.3) is 11.1 Å². The lowest BCUT2D eigenvalue weighted by molar-refractivity contribution is 0.0969. The highest BCUT2D eigenvalue weighted by atomic mass is 16.1. The van der Waals surface area contributed by atoms with Crippen LogP contribution in [0.4, 0.5) is 0 Å². The van der Waals surface area contributed by atoms with E-state index in [0.29, 0.717) is 25.7 Å². The van der Waals surface area contributed by atoms with Crippen LogP contribution in [0.3, 0.4) is 0 Å². The summed E-state index contributed by atoms with van der Waals surface area (Å²) < 4.78 is 1.88. The average molecular weight is 357 g/mol. The number of ketones is 1. The second-order valence-corrected chi connectivity index (χ2v) is 6.82. The fraction of sp³-hybridized carbons (Fsp3) is 0.174. The second-order valence-electron chi connectivity index (χ2n) is 6.82. The molecule has 0 bridgehead atoms. The number of nitrogens with zero attached hydrogens (tertiary/aromatic N) is 1. The molecule has 0 N–H and O–H groups in total. The summed E-state index contributed by atoms with van der Waals surface area (Å²) in [5.41, 5.74) is 3.89. The molecule has 4 rings (SSSR count). The summed E-state index contributed by atoms with van der Waals surface area (Å²) in [4.78, 5) is 35.9. The quantitative estimate of drug-likeness (QED) is 0.666. The molecule has 0 saturated heterocycles. The Morgan fingerprint density at radius 2 is 1.59 bits per heavy atom. The van der Waals surface area contributed by atoms with E-state index in [4.69, 9.17) is 0 Å². The summed E-state index contributed by atoms with van der Waals surface area (Å²) in [5.74, 6) is -0.155. The van der Waals surface area contributed by atoms with E-state index in [1.54, 1.807) is 6.20 Å². The van der Waals surface area contributed by atoms with Crippen molar-refractivity contribution >= 4 is 12.1 Å². The Kier molecular flexibility index (Phi) is 4.55. The van der Waals surface area contributed by atoms with E-state index < -0.39 is 5.43 Å². The fourth-order valence-corrected chi connectivity index (χ4v) is 3.68. The average Bonchev–Trinajstić information content (AvgIpc) is 2.71. The van der Waals surface area contributed by atoms with Crippen LogP contribution in [0.5, 0.6) is 0 Å². The van der Waals surface area contributed by atoms with Gasteiger partial charge in [-0.05, 0) is 29.5 Å². The fourth-order valence-electron chi connectivity index (χ4n) is 3.68. The minimum absolute atomic E-state index is 0.0462. The van der Waals surface area contributed by atoms with Gasteiger partial charge in [0.25, 0.3) is 0 Å². The third-order valence-electron chi connectivity index (χ3n) is 5.06. The summed E-state index contributed by atoms with van der Waals surface area (Å²) >= 11 is 0. The van der Waals surface area contributed by atoms with Crippen molar-refractivity contribution in [3.8, 4) is 11.1 Å². The van der Waals surface area contributed by atoms with Gasteiger partial charge in [0, 0.05) is 24.9 Å². The molecule has 134 valence electrons. The standard InChI is InChI=1S/C23H19NO3/c25-15-19-14-24(20-7-4-8-21(26)22(20)23(19)27)13-16-9-11-18(12-10-16)17-5-2-1-3-6-17/h1-3,5-6,9-12,14-15H,4,7-8,13H2. The predicted octanol–water partition coefficient (Wildman–Crippen LogP) is 3.90. The summed E-state index contributed by atoms with van der Waals surface area (Å²) in [6.07, 6.45) is 3.91. The first-order chi connectivity index (χ1) is 13.2. The molecular formula is C23H19NO3. The highest BCUT2D eigenvalue weighted by Gasteiger charge is 2.24. The Hall–Kier alpha value is -3.27. The number of fused-ring (bicyclic) bond motifs is 1. The lowest BCUT2D eigenvalue weighted by atomic mass is 9.92. The lowest BCUT2D eigenvalue weighted by Gasteiger charge is -2.21. The minimum atomic E-state index is -0.430. The monoisotopic (exact) mass is 357 g/mol. The number of carbonyl (C=O) groups is 2. The minimum Gasteiger partial charge on any atom is -0.345 e. The number of carbonyl (C=O) groups excluding carboxylic acids is 2. The molecule has 1 aliphatic carbocycles. The molecule has 0 atom stereocenters. The van der Waals surface area contributed by atoms with Gasteiger partial charge < -0.3 is 4.57 Å². The third-order valence-corrected chi connectivity index (χ3v) is 5.06. The van der Waals surface area contributed by atoms with E-state index >= 15 is 0 Å². The number of benzene rings is 2. The first-order valence-corrected chi connectivity index (χ1v) is 9.06. The van der Waals surface area contributed by atoms with E-state index in [9.17, 15) is 14.4 Å². The van der Waals surface area contributed by atoms with E-state index in [2.05, 4.69) is 24.3 Å². The lowest BCUT2D eigenvalue weighted by Crippen LogP contribution is -2.29. The van der Waals surface area contributed by atoms with E-state index in [1.807, 2.05) is 34.9 Å². The molecule has 2 aromatic carbocycles. The van der Waals surface area contributed by atoms with E-state index in [-0.39, 0.29) is 16.9 Å². The number of rotatable bonds is 4. The summed E-state index contributed by atoms with van der Waals surface area (Å²) in [7, 11) is 0. The van der Waals surface area contributed by atoms with Gasteiger partial charge in [-0.25, -0.2) is 0 Å². The maximum Gasteiger partial charge on any atom is 0.203 e. The van der Waals surface area contributed by atoms with Crippen molar-refractivity contribution in [2.24, 2.45) is 0 Å². The van der Waals surface area contributed by atoms with Crippen LogP contribution < -0.4 is 5.43 Å². The summed E-state index contributed by atoms with van der Waals surface area (Å²) in [6, 6.07) is 18.3. The molecule has 1 aromatic heterocycles. The number of hydrogen-bond acceptors (Lipinski definition) is 3. The zero-order valence-electron chi connectivity index (χ0n) is 14.9. The molecule has 0 radical (unpaired) electrons. The molecule has 0 amide bonds. The van der Waals surface area contributed by atoms with Crippen LogP contribution in [0.1, 0.15) is 44.8 Å². The van der Waals surface area contributed by atoms with Crippen molar-refractivity contribution < 1.29 is 9.59 Å². The molecule has 0 aliphatic heterocycles. The molecule has 4 nitrogen and oxygen atoms in total. The van der Waals surface area contributed by atoms with Gasteiger partial charge in [0.15, 0.2) is 12.1 Å². The van der Waals surface area contributed by atoms with Crippen molar-refractivity contribution in [2.75, 3.05) is 0 Å². The Bertz CT molecular complexity index is 1060. The summed E-state index contributed by atoms with van der Waals surface area (Å²) in [6.45, 7) is 0.520. The molecule has 1 aliphatic rings. The molecule has 3 aromatic rings. The van der Waals surface area contributed by atoms with E-state index in [0.717, 1.165) is 28.8 Å². The molecule has 27 heavy (non-hydrogen) atoms. The van der Waals surface area contributed by atoms with Crippen molar-refractivity contribution in [3.63, 3.8) is 0 Å². The largest absolute Gasteiger partial charge is 0.345 e. The Morgan fingerprint density at radius 3 is 2.30 bits per heavy atom. The molecule has 4 heteroatoms. The topological polar surface area (TPSA) is 56.1 Å². The predicted molar refractivity (Wildman–Crippen MR) is 104 cm³/mol. The number of pyridine rings is 1. The van der Waals surface area contributed by atoms with Crippen LogP contribution in [-0.2, 0) is 13.0 Å². The van der Waals surface area contributed by atoms with Crippen LogP contribution >= 0.6 is 0 Å². The first-order valence-electron chi connectivity index (χ1n) is 9.06. The van der Waals surface area contributed by atoms with Crippen molar-refractivity contribution in [1.82, 2.24) is 4.57 Å². The van der Waals surface area contributed by atoms with Gasteiger partial charge in [0.1, 0.15) is 0 Å². The first kappa shape index (κ1) is 17.2. The van der Waals surface area contributed by atoms with Gasteiger partial charge in [-0.2, -0.15) is 0 Å². The number of Topliss-reactive ketones (excluding diaryl/α,β-unsaturated/α-hetero) is 1. The molecule has 1 heterocycles. The number of hydrogen-bond donors (Lipinski definition) is 0. The van der Waals surface area contributed by atoms with E-state index in [1.165, 1.54) is 0 Å². The van der Waals surface area contributed by atoms with Gasteiger partial charge in [-0.15, -0.1) is 0 Å². The molecular weight excluding hydrogens is 338 g/mol.